The number of aliphatic hydroxyl groups is 1. The van der Waals surface area contributed by atoms with Crippen LogP contribution in [0.1, 0.15) is 36.4 Å². The number of hydrogen-bond acceptors (Lipinski definition) is 3. The number of benzene rings is 1. The van der Waals surface area contributed by atoms with Crippen molar-refractivity contribution in [2.24, 2.45) is 0 Å². The van der Waals surface area contributed by atoms with Gasteiger partial charge in [-0.3, -0.25) is 4.98 Å². The highest BCUT2D eigenvalue weighted by molar-refractivity contribution is 6.58. The highest BCUT2D eigenvalue weighted by atomic mass is 19.2. The third kappa shape index (κ3) is 2.78. The smallest absolute Gasteiger partial charge is 0.506 e. The van der Waals surface area contributed by atoms with Crippen LogP contribution in [0, 0.1) is 13.8 Å². The fourth-order valence-electron chi connectivity index (χ4n) is 4.93. The number of phenols is 1. The standard InChI is InChI=1S/C22H20BF2N3O.CH4O/c1-12-10-14(3)27-21(12)19(22-13(2)11-15(4)28(22)23(27,24)25)16-7-8-18(29)20-17(16)6-5-9-26-20;1-2/h5-11,29H,1-4H3;2H,1H3. The van der Waals surface area contributed by atoms with Crippen molar-refractivity contribution in [3.05, 3.63) is 76.4 Å². The van der Waals surface area contributed by atoms with Gasteiger partial charge in [0.15, 0.2) is 5.70 Å². The molecular weight excluding hydrogens is 399 g/mol. The maximum absolute atomic E-state index is 15.7. The molecule has 4 heterocycles. The van der Waals surface area contributed by atoms with E-state index in [2.05, 4.69) is 4.98 Å². The van der Waals surface area contributed by atoms with E-state index >= 15 is 8.63 Å². The van der Waals surface area contributed by atoms with Crippen molar-refractivity contribution < 1.29 is 23.3 Å². The first-order valence-electron chi connectivity index (χ1n) is 10.0. The summed E-state index contributed by atoms with van der Waals surface area (Å²) in [6.07, 6.45) is 3.42. The summed E-state index contributed by atoms with van der Waals surface area (Å²) in [6, 6.07) is 8.85. The summed E-state index contributed by atoms with van der Waals surface area (Å²) >= 11 is 0. The highest BCUT2D eigenvalue weighted by Gasteiger charge is 2.55. The molecule has 5 nitrogen and oxygen atoms in total. The molecule has 0 fully saturated rings. The predicted octanol–water partition coefficient (Wildman–Crippen LogP) is 4.40. The Morgan fingerprint density at radius 1 is 1.06 bits per heavy atom. The summed E-state index contributed by atoms with van der Waals surface area (Å²) in [4.78, 5) is 4.31. The quantitative estimate of drug-likeness (QED) is 0.571. The van der Waals surface area contributed by atoms with Crippen LogP contribution in [0.2, 0.25) is 0 Å². The van der Waals surface area contributed by atoms with Crippen LogP contribution in [0.25, 0.3) is 16.5 Å². The first-order chi connectivity index (χ1) is 14.7. The van der Waals surface area contributed by atoms with Gasteiger partial charge < -0.3 is 27.8 Å². The van der Waals surface area contributed by atoms with E-state index in [0.717, 1.165) is 34.8 Å². The second kappa shape index (κ2) is 7.16. The first-order valence-corrected chi connectivity index (χ1v) is 10.0. The minimum absolute atomic E-state index is 0.0712. The molecule has 0 bridgehead atoms. The van der Waals surface area contributed by atoms with Gasteiger partial charge in [-0.15, -0.1) is 0 Å². The maximum atomic E-state index is 15.7. The maximum Gasteiger partial charge on any atom is 0.737 e. The van der Waals surface area contributed by atoms with Crippen LogP contribution in [0.3, 0.4) is 0 Å². The Hall–Kier alpha value is -3.26. The Morgan fingerprint density at radius 3 is 2.48 bits per heavy atom. The number of nitrogens with zero attached hydrogens (tertiary/aromatic N) is 3. The second-order valence-electron chi connectivity index (χ2n) is 7.87. The zero-order valence-corrected chi connectivity index (χ0v) is 18.1. The molecule has 0 atom stereocenters. The fraction of sp³-hybridized carbons (Fsp3) is 0.217. The van der Waals surface area contributed by atoms with Crippen LogP contribution in [0.4, 0.5) is 8.63 Å². The van der Waals surface area contributed by atoms with Crippen LogP contribution in [0.15, 0.2) is 53.9 Å². The lowest BCUT2D eigenvalue weighted by Crippen LogP contribution is -2.51. The molecular formula is C23H24BF2N3O2. The van der Waals surface area contributed by atoms with Crippen molar-refractivity contribution in [3.63, 3.8) is 0 Å². The molecule has 0 aliphatic carbocycles. The minimum Gasteiger partial charge on any atom is -0.506 e. The number of halogens is 2. The Kier molecular flexibility index (Phi) is 4.85. The minimum atomic E-state index is -4.01. The molecule has 2 aliphatic rings. The number of aliphatic hydroxyl groups excluding tert-OH is 1. The van der Waals surface area contributed by atoms with Crippen molar-refractivity contribution in [1.29, 1.82) is 0 Å². The van der Waals surface area contributed by atoms with Gasteiger partial charge >= 0.3 is 6.97 Å². The van der Waals surface area contributed by atoms with E-state index in [0.29, 0.717) is 28.3 Å². The summed E-state index contributed by atoms with van der Waals surface area (Å²) in [7, 11) is 1.00. The zero-order chi connectivity index (χ0) is 22.7. The van der Waals surface area contributed by atoms with Crippen molar-refractivity contribution in [3.8, 4) is 5.75 Å². The number of fused-ring (bicyclic) bond motifs is 3. The van der Waals surface area contributed by atoms with Gasteiger partial charge in [-0.2, -0.15) is 0 Å². The van der Waals surface area contributed by atoms with Gasteiger partial charge in [0.05, 0.1) is 5.57 Å². The van der Waals surface area contributed by atoms with Crippen molar-refractivity contribution in [2.45, 2.75) is 27.7 Å². The number of hydrogen-bond donors (Lipinski definition) is 2. The second-order valence-corrected chi connectivity index (χ2v) is 7.87. The zero-order valence-electron chi connectivity index (χ0n) is 18.1. The monoisotopic (exact) mass is 423 g/mol. The van der Waals surface area contributed by atoms with Gasteiger partial charge in [0.25, 0.3) is 0 Å². The van der Waals surface area contributed by atoms with Gasteiger partial charge in [0.1, 0.15) is 17.0 Å². The van der Waals surface area contributed by atoms with Gasteiger partial charge in [-0.05, 0) is 61.9 Å². The molecule has 0 radical (unpaired) electrons. The summed E-state index contributed by atoms with van der Waals surface area (Å²) in [5.74, 6) is 0.0712. The van der Waals surface area contributed by atoms with E-state index in [9.17, 15) is 5.11 Å². The largest absolute Gasteiger partial charge is 0.737 e. The summed E-state index contributed by atoms with van der Waals surface area (Å²) in [5.41, 5.74) is 5.68. The Bertz CT molecular complexity index is 1340. The Labute approximate surface area is 179 Å². The molecule has 8 heteroatoms. The van der Waals surface area contributed by atoms with Crippen LogP contribution < -0.4 is 0 Å². The lowest BCUT2D eigenvalue weighted by Gasteiger charge is -2.34. The van der Waals surface area contributed by atoms with E-state index in [4.69, 9.17) is 5.11 Å². The number of pyridine rings is 1. The summed E-state index contributed by atoms with van der Waals surface area (Å²) in [6.45, 7) is 3.16. The number of aromatic hydroxyl groups is 1. The molecule has 5 rings (SSSR count). The van der Waals surface area contributed by atoms with Crippen molar-refractivity contribution in [2.75, 3.05) is 7.11 Å². The normalized spacial score (nSPS) is 16.7. The predicted molar refractivity (Wildman–Crippen MR) is 120 cm³/mol. The third-order valence-corrected chi connectivity index (χ3v) is 5.95. The molecule has 3 aromatic rings. The number of phenolic OH excluding ortho intramolecular Hbond substituents is 1. The number of aromatic nitrogens is 2. The van der Waals surface area contributed by atoms with Crippen LogP contribution in [-0.2, 0) is 0 Å². The summed E-state index contributed by atoms with van der Waals surface area (Å²) < 4.78 is 33.8. The van der Waals surface area contributed by atoms with Crippen molar-refractivity contribution >= 4 is 29.2 Å². The van der Waals surface area contributed by atoms with E-state index in [1.54, 1.807) is 38.2 Å². The first kappa shape index (κ1) is 21.0. The van der Waals surface area contributed by atoms with Crippen LogP contribution in [0.5, 0.6) is 5.75 Å². The molecule has 2 N–H and O–H groups in total. The lowest BCUT2D eigenvalue weighted by molar-refractivity contribution is -0.363. The van der Waals surface area contributed by atoms with E-state index in [1.165, 1.54) is 8.96 Å². The average Bonchev–Trinajstić information content (AvgIpc) is 3.21. The molecule has 0 unspecified atom stereocenters. The SMILES string of the molecule is CC1=CC(C)=[N+]2C1=C(c1ccc(O)c3ncccc13)c1c(C)cc(C)n1[B-]2(F)F.CO. The highest BCUT2D eigenvalue weighted by Crippen LogP contribution is 2.46. The number of aryl methyl sites for hydroxylation is 2. The lowest BCUT2D eigenvalue weighted by atomic mass is 9.83. The van der Waals surface area contributed by atoms with Gasteiger partial charge in [-0.25, -0.2) is 0 Å². The summed E-state index contributed by atoms with van der Waals surface area (Å²) in [5, 5.41) is 18.0. The molecule has 0 saturated heterocycles. The van der Waals surface area contributed by atoms with Crippen molar-refractivity contribution in [1.82, 2.24) is 9.46 Å². The van der Waals surface area contributed by atoms with E-state index in [-0.39, 0.29) is 5.75 Å². The van der Waals surface area contributed by atoms with E-state index < -0.39 is 6.97 Å². The molecule has 0 spiro atoms. The average molecular weight is 423 g/mol. The van der Waals surface area contributed by atoms with Gasteiger partial charge in [-0.1, -0.05) is 6.07 Å². The number of allylic oxidation sites excluding steroid dienone is 2. The molecule has 2 aliphatic heterocycles. The third-order valence-electron chi connectivity index (χ3n) is 5.95. The Morgan fingerprint density at radius 2 is 1.77 bits per heavy atom. The topological polar surface area (TPSA) is 61.3 Å². The van der Waals surface area contributed by atoms with Gasteiger partial charge in [0, 0.05) is 43.0 Å². The molecule has 1 aromatic carbocycles. The molecule has 2 aromatic heterocycles. The Balaban J connectivity index is 0.00000112. The molecule has 0 amide bonds. The van der Waals surface area contributed by atoms with Crippen LogP contribution >= 0.6 is 0 Å². The molecule has 0 saturated carbocycles. The van der Waals surface area contributed by atoms with E-state index in [1.807, 2.05) is 32.1 Å². The number of rotatable bonds is 1. The fourth-order valence-corrected chi connectivity index (χ4v) is 4.93. The molecule has 160 valence electrons. The molecule has 31 heavy (non-hydrogen) atoms. The van der Waals surface area contributed by atoms with Crippen LogP contribution in [-0.4, -0.2) is 44.0 Å². The van der Waals surface area contributed by atoms with Gasteiger partial charge in [0.2, 0.25) is 0 Å².